The van der Waals surface area contributed by atoms with E-state index in [0.29, 0.717) is 5.75 Å². The van der Waals surface area contributed by atoms with Gasteiger partial charge in [0.05, 0.1) is 0 Å². The number of benzene rings is 2. The van der Waals surface area contributed by atoms with Crippen molar-refractivity contribution in [2.75, 3.05) is 6.67 Å². The zero-order valence-corrected chi connectivity index (χ0v) is 10.9. The van der Waals surface area contributed by atoms with Crippen molar-refractivity contribution in [3.8, 4) is 5.75 Å². The molecule has 0 aromatic heterocycles. The normalized spacial score (nSPS) is 12.6. The van der Waals surface area contributed by atoms with Crippen molar-refractivity contribution in [2.45, 2.75) is 6.42 Å². The van der Waals surface area contributed by atoms with Crippen molar-refractivity contribution in [1.29, 1.82) is 0 Å². The van der Waals surface area contributed by atoms with Crippen molar-refractivity contribution in [2.24, 2.45) is 0 Å². The summed E-state index contributed by atoms with van der Waals surface area (Å²) in [4.78, 5) is 11.2. The lowest BCUT2D eigenvalue weighted by atomic mass is 9.82. The van der Waals surface area contributed by atoms with E-state index in [1.54, 1.807) is 12.1 Å². The van der Waals surface area contributed by atoms with E-state index in [9.17, 15) is 9.18 Å². The maximum atomic E-state index is 12.3. The first kappa shape index (κ1) is 12.6. The lowest BCUT2D eigenvalue weighted by Gasteiger charge is -2.23. The van der Waals surface area contributed by atoms with Gasteiger partial charge in [0.2, 0.25) is 0 Å². The predicted octanol–water partition coefficient (Wildman–Crippen LogP) is 3.53. The van der Waals surface area contributed by atoms with Crippen molar-refractivity contribution >= 4 is 11.5 Å². The van der Waals surface area contributed by atoms with E-state index in [0.717, 1.165) is 28.7 Å². The van der Waals surface area contributed by atoms with Crippen LogP contribution in [-0.4, -0.2) is 12.6 Å². The zero-order valence-electron chi connectivity index (χ0n) is 10.9. The van der Waals surface area contributed by atoms with Gasteiger partial charge in [-0.05, 0) is 34.8 Å². The largest absolute Gasteiger partial charge is 0.424 e. The Kier molecular flexibility index (Phi) is 3.11. The van der Waals surface area contributed by atoms with E-state index in [-0.39, 0.29) is 0 Å². The van der Waals surface area contributed by atoms with Gasteiger partial charge in [-0.15, -0.1) is 0 Å². The fourth-order valence-corrected chi connectivity index (χ4v) is 2.61. The molecule has 0 N–H and O–H groups in total. The number of hydrogen-bond donors (Lipinski definition) is 0. The Morgan fingerprint density at radius 2 is 1.90 bits per heavy atom. The summed E-state index contributed by atoms with van der Waals surface area (Å²) in [5.74, 6) is -0.505. The van der Waals surface area contributed by atoms with Gasteiger partial charge in [0.15, 0.2) is 6.67 Å². The molecule has 0 saturated heterocycles. The Bertz CT molecular complexity index is 704. The number of alkyl halides is 1. The Morgan fingerprint density at radius 1 is 1.15 bits per heavy atom. The van der Waals surface area contributed by atoms with E-state index in [1.807, 2.05) is 24.3 Å². The van der Waals surface area contributed by atoms with E-state index in [4.69, 9.17) is 4.74 Å². The van der Waals surface area contributed by atoms with Crippen LogP contribution in [0.3, 0.4) is 0 Å². The number of hydrogen-bond acceptors (Lipinski definition) is 2. The summed E-state index contributed by atoms with van der Waals surface area (Å²) < 4.78 is 17.4. The van der Waals surface area contributed by atoms with Gasteiger partial charge in [-0.2, -0.15) is 0 Å². The molecule has 0 unspecified atom stereocenters. The molecule has 0 fully saturated rings. The first-order valence-corrected chi connectivity index (χ1v) is 6.37. The third-order valence-corrected chi connectivity index (χ3v) is 3.47. The molecule has 0 radical (unpaired) electrons. The number of ether oxygens (including phenoxy) is 1. The Labute approximate surface area is 116 Å². The van der Waals surface area contributed by atoms with E-state index in [2.05, 4.69) is 12.6 Å². The highest BCUT2D eigenvalue weighted by molar-refractivity contribution is 5.88. The Hall–Kier alpha value is -2.42. The molecular weight excluding hydrogens is 255 g/mol. The van der Waals surface area contributed by atoms with Crippen LogP contribution in [0.4, 0.5) is 4.39 Å². The molecule has 2 aromatic carbocycles. The smallest absolute Gasteiger partial charge is 0.342 e. The molecule has 20 heavy (non-hydrogen) atoms. The lowest BCUT2D eigenvalue weighted by Crippen LogP contribution is -2.13. The summed E-state index contributed by atoms with van der Waals surface area (Å²) in [6.45, 7) is 2.97. The molecule has 2 nitrogen and oxygen atoms in total. The molecule has 0 spiro atoms. The van der Waals surface area contributed by atoms with Gasteiger partial charge < -0.3 is 4.74 Å². The number of carbonyl (C=O) groups excluding carboxylic acids is 1. The van der Waals surface area contributed by atoms with Crippen molar-refractivity contribution in [3.05, 3.63) is 71.3 Å². The van der Waals surface area contributed by atoms with Crippen LogP contribution >= 0.6 is 0 Å². The second-order valence-corrected chi connectivity index (χ2v) is 4.71. The minimum atomic E-state index is -1.13. The lowest BCUT2D eigenvalue weighted by molar-refractivity contribution is -0.135. The summed E-state index contributed by atoms with van der Waals surface area (Å²) in [6.07, 6.45) is 0.755. The van der Waals surface area contributed by atoms with E-state index >= 15 is 0 Å². The van der Waals surface area contributed by atoms with Crippen LogP contribution in [0.15, 0.2) is 49.0 Å². The number of fused-ring (bicyclic) bond motifs is 2. The standard InChI is InChI=1S/C17H13FO2/c1-11-14-7-3-2-5-12(14)9-13-6-4-8-15(17(11)13)20-16(19)10-18/h2-8H,1,9-10H2. The summed E-state index contributed by atoms with van der Waals surface area (Å²) >= 11 is 0. The minimum Gasteiger partial charge on any atom is -0.424 e. The molecule has 1 aliphatic carbocycles. The van der Waals surface area contributed by atoms with Crippen LogP contribution in [0.5, 0.6) is 5.75 Å². The molecular formula is C17H13FO2. The zero-order chi connectivity index (χ0) is 14.1. The van der Waals surface area contributed by atoms with Crippen LogP contribution < -0.4 is 4.74 Å². The molecule has 0 atom stereocenters. The molecule has 0 aliphatic heterocycles. The topological polar surface area (TPSA) is 26.3 Å². The van der Waals surface area contributed by atoms with Crippen LogP contribution in [0.1, 0.15) is 22.3 Å². The van der Waals surface area contributed by atoms with Gasteiger partial charge in [0.25, 0.3) is 0 Å². The third kappa shape index (κ3) is 2.01. The SMILES string of the molecule is C=C1c2ccccc2Cc2cccc(OC(=O)CF)c21. The molecule has 0 amide bonds. The average molecular weight is 268 g/mol. The first-order chi connectivity index (χ1) is 9.70. The molecule has 3 rings (SSSR count). The average Bonchev–Trinajstić information content (AvgIpc) is 2.47. The van der Waals surface area contributed by atoms with Crippen LogP contribution in [0, 0.1) is 0 Å². The van der Waals surface area contributed by atoms with Crippen molar-refractivity contribution < 1.29 is 13.9 Å². The number of carbonyl (C=O) groups is 1. The van der Waals surface area contributed by atoms with Gasteiger partial charge in [0.1, 0.15) is 5.75 Å². The number of esters is 1. The van der Waals surface area contributed by atoms with Gasteiger partial charge in [0, 0.05) is 5.56 Å². The second-order valence-electron chi connectivity index (χ2n) is 4.71. The quantitative estimate of drug-likeness (QED) is 0.525. The Morgan fingerprint density at radius 3 is 2.70 bits per heavy atom. The summed E-state index contributed by atoms with van der Waals surface area (Å²) in [5.41, 5.74) is 4.89. The van der Waals surface area contributed by atoms with Gasteiger partial charge in [-0.3, -0.25) is 0 Å². The number of halogens is 1. The summed E-state index contributed by atoms with van der Waals surface area (Å²) in [5, 5.41) is 0. The van der Waals surface area contributed by atoms with Crippen LogP contribution in [0.2, 0.25) is 0 Å². The molecule has 3 heteroatoms. The van der Waals surface area contributed by atoms with Gasteiger partial charge in [-0.25, -0.2) is 9.18 Å². The molecule has 2 aromatic rings. The number of rotatable bonds is 2. The van der Waals surface area contributed by atoms with Crippen molar-refractivity contribution in [3.63, 3.8) is 0 Å². The van der Waals surface area contributed by atoms with E-state index < -0.39 is 12.6 Å². The summed E-state index contributed by atoms with van der Waals surface area (Å²) in [6, 6.07) is 13.4. The first-order valence-electron chi connectivity index (χ1n) is 6.37. The predicted molar refractivity (Wildman–Crippen MR) is 75.4 cm³/mol. The van der Waals surface area contributed by atoms with Crippen LogP contribution in [-0.2, 0) is 11.2 Å². The van der Waals surface area contributed by atoms with Crippen molar-refractivity contribution in [1.82, 2.24) is 0 Å². The highest BCUT2D eigenvalue weighted by atomic mass is 19.1. The molecule has 1 aliphatic rings. The van der Waals surface area contributed by atoms with E-state index in [1.165, 1.54) is 5.56 Å². The maximum Gasteiger partial charge on any atom is 0.342 e. The molecule has 0 bridgehead atoms. The van der Waals surface area contributed by atoms with Gasteiger partial charge >= 0.3 is 5.97 Å². The maximum absolute atomic E-state index is 12.3. The highest BCUT2D eigenvalue weighted by Gasteiger charge is 2.22. The molecule has 100 valence electrons. The fourth-order valence-electron chi connectivity index (χ4n) is 2.61. The summed E-state index contributed by atoms with van der Waals surface area (Å²) in [7, 11) is 0. The monoisotopic (exact) mass is 268 g/mol. The third-order valence-electron chi connectivity index (χ3n) is 3.47. The highest BCUT2D eigenvalue weighted by Crippen LogP contribution is 2.39. The van der Waals surface area contributed by atoms with Crippen LogP contribution in [0.25, 0.3) is 5.57 Å². The molecule has 0 saturated carbocycles. The minimum absolute atomic E-state index is 0.379. The Balaban J connectivity index is 2.09. The second kappa shape index (κ2) is 4.93. The van der Waals surface area contributed by atoms with Gasteiger partial charge in [-0.1, -0.05) is 43.0 Å². The fraction of sp³-hybridized carbons (Fsp3) is 0.118. The molecule has 0 heterocycles.